The highest BCUT2D eigenvalue weighted by atomic mass is 35.5. The molecule has 1 amide bonds. The SMILES string of the molecule is O=C(C=Cc1cccc(Cl)c1Cl)N[C@H](C(=O)O)c1ccccc1. The van der Waals surface area contributed by atoms with Gasteiger partial charge in [0, 0.05) is 6.08 Å². The van der Waals surface area contributed by atoms with Crippen molar-refractivity contribution in [3.63, 3.8) is 0 Å². The molecule has 23 heavy (non-hydrogen) atoms. The van der Waals surface area contributed by atoms with E-state index in [1.807, 2.05) is 0 Å². The Balaban J connectivity index is 2.12. The fraction of sp³-hybridized carbons (Fsp3) is 0.0588. The van der Waals surface area contributed by atoms with Crippen LogP contribution in [0.2, 0.25) is 10.0 Å². The number of nitrogens with one attached hydrogen (secondary N) is 1. The normalized spacial score (nSPS) is 12.1. The fourth-order valence-corrected chi connectivity index (χ4v) is 2.31. The van der Waals surface area contributed by atoms with E-state index in [1.165, 1.54) is 12.2 Å². The summed E-state index contributed by atoms with van der Waals surface area (Å²) in [7, 11) is 0. The molecule has 0 saturated heterocycles. The van der Waals surface area contributed by atoms with E-state index in [9.17, 15) is 14.7 Å². The quantitative estimate of drug-likeness (QED) is 0.803. The number of aliphatic carboxylic acids is 1. The van der Waals surface area contributed by atoms with Crippen LogP contribution in [0.3, 0.4) is 0 Å². The lowest BCUT2D eigenvalue weighted by Gasteiger charge is -2.13. The van der Waals surface area contributed by atoms with Gasteiger partial charge in [-0.2, -0.15) is 0 Å². The highest BCUT2D eigenvalue weighted by molar-refractivity contribution is 6.42. The third-order valence-corrected chi connectivity index (χ3v) is 3.90. The van der Waals surface area contributed by atoms with Gasteiger partial charge < -0.3 is 10.4 Å². The Hall–Kier alpha value is -2.30. The Morgan fingerprint density at radius 3 is 2.39 bits per heavy atom. The lowest BCUT2D eigenvalue weighted by atomic mass is 10.1. The molecule has 118 valence electrons. The van der Waals surface area contributed by atoms with Crippen molar-refractivity contribution in [3.8, 4) is 0 Å². The Kier molecular flexibility index (Phi) is 5.79. The van der Waals surface area contributed by atoms with Crippen LogP contribution in [-0.4, -0.2) is 17.0 Å². The largest absolute Gasteiger partial charge is 0.479 e. The maximum absolute atomic E-state index is 12.0. The standard InChI is InChI=1S/C17H13Cl2NO3/c18-13-8-4-7-11(15(13)19)9-10-14(21)20-16(17(22)23)12-5-2-1-3-6-12/h1-10,16H,(H,20,21)(H,22,23)/t16-/m0/s1. The number of benzene rings is 2. The van der Waals surface area contributed by atoms with E-state index < -0.39 is 17.9 Å². The van der Waals surface area contributed by atoms with E-state index in [0.717, 1.165) is 0 Å². The average Bonchev–Trinajstić information content (AvgIpc) is 2.54. The Morgan fingerprint density at radius 2 is 1.74 bits per heavy atom. The molecule has 2 rings (SSSR count). The zero-order valence-corrected chi connectivity index (χ0v) is 13.4. The molecular weight excluding hydrogens is 337 g/mol. The highest BCUT2D eigenvalue weighted by Crippen LogP contribution is 2.26. The molecule has 0 heterocycles. The zero-order valence-electron chi connectivity index (χ0n) is 11.9. The molecule has 0 spiro atoms. The first-order valence-electron chi connectivity index (χ1n) is 6.69. The van der Waals surface area contributed by atoms with E-state index in [0.29, 0.717) is 21.2 Å². The van der Waals surface area contributed by atoms with Crippen LogP contribution < -0.4 is 5.32 Å². The van der Waals surface area contributed by atoms with Gasteiger partial charge in [0.05, 0.1) is 10.0 Å². The van der Waals surface area contributed by atoms with Gasteiger partial charge in [0.2, 0.25) is 5.91 Å². The van der Waals surface area contributed by atoms with Crippen LogP contribution in [0.25, 0.3) is 6.08 Å². The number of halogens is 2. The van der Waals surface area contributed by atoms with Crippen LogP contribution in [0.5, 0.6) is 0 Å². The first-order valence-corrected chi connectivity index (χ1v) is 7.45. The van der Waals surface area contributed by atoms with Crippen LogP contribution in [0.4, 0.5) is 0 Å². The van der Waals surface area contributed by atoms with E-state index in [4.69, 9.17) is 23.2 Å². The Morgan fingerprint density at radius 1 is 1.04 bits per heavy atom. The molecule has 2 N–H and O–H groups in total. The average molecular weight is 350 g/mol. The molecule has 0 saturated carbocycles. The molecule has 0 aliphatic heterocycles. The number of rotatable bonds is 5. The second-order valence-electron chi connectivity index (χ2n) is 4.67. The number of carbonyl (C=O) groups is 2. The minimum absolute atomic E-state index is 0.330. The van der Waals surface area contributed by atoms with Gasteiger partial charge in [-0.1, -0.05) is 65.7 Å². The van der Waals surface area contributed by atoms with Gasteiger partial charge in [0.1, 0.15) is 0 Å². The zero-order chi connectivity index (χ0) is 16.8. The summed E-state index contributed by atoms with van der Waals surface area (Å²) in [5.74, 6) is -1.68. The third kappa shape index (κ3) is 4.58. The summed E-state index contributed by atoms with van der Waals surface area (Å²) < 4.78 is 0. The molecule has 0 radical (unpaired) electrons. The molecule has 0 bridgehead atoms. The minimum Gasteiger partial charge on any atom is -0.479 e. The van der Waals surface area contributed by atoms with Gasteiger partial charge in [0.15, 0.2) is 6.04 Å². The first kappa shape index (κ1) is 17.1. The maximum atomic E-state index is 12.0. The molecule has 2 aromatic carbocycles. The van der Waals surface area contributed by atoms with Gasteiger partial charge in [0.25, 0.3) is 0 Å². The van der Waals surface area contributed by atoms with E-state index in [2.05, 4.69) is 5.32 Å². The van der Waals surface area contributed by atoms with Crippen LogP contribution >= 0.6 is 23.2 Å². The fourth-order valence-electron chi connectivity index (χ4n) is 1.94. The van der Waals surface area contributed by atoms with E-state index in [1.54, 1.807) is 48.5 Å². The molecule has 0 aliphatic carbocycles. The number of carbonyl (C=O) groups excluding carboxylic acids is 1. The number of carboxylic acid groups (broad SMARTS) is 1. The summed E-state index contributed by atoms with van der Waals surface area (Å²) in [4.78, 5) is 23.3. The van der Waals surface area contributed by atoms with Crippen molar-refractivity contribution in [2.75, 3.05) is 0 Å². The monoisotopic (exact) mass is 349 g/mol. The summed E-state index contributed by atoms with van der Waals surface area (Å²) >= 11 is 11.9. The molecule has 0 aromatic heterocycles. The Bertz CT molecular complexity index is 745. The van der Waals surface area contributed by atoms with Crippen molar-refractivity contribution in [2.45, 2.75) is 6.04 Å². The molecular formula is C17H13Cl2NO3. The van der Waals surface area contributed by atoms with Gasteiger partial charge >= 0.3 is 5.97 Å². The van der Waals surface area contributed by atoms with Crippen LogP contribution in [0.15, 0.2) is 54.6 Å². The number of hydrogen-bond donors (Lipinski definition) is 2. The minimum atomic E-state index is -1.14. The molecule has 6 heteroatoms. The summed E-state index contributed by atoms with van der Waals surface area (Å²) in [6, 6.07) is 12.4. The van der Waals surface area contributed by atoms with Crippen molar-refractivity contribution in [1.29, 1.82) is 0 Å². The van der Waals surface area contributed by atoms with Crippen molar-refractivity contribution >= 4 is 41.2 Å². The number of hydrogen-bond acceptors (Lipinski definition) is 2. The lowest BCUT2D eigenvalue weighted by molar-refractivity contribution is -0.141. The van der Waals surface area contributed by atoms with Crippen LogP contribution in [-0.2, 0) is 9.59 Å². The smallest absolute Gasteiger partial charge is 0.330 e. The summed E-state index contributed by atoms with van der Waals surface area (Å²) in [6.45, 7) is 0. The van der Waals surface area contributed by atoms with Crippen molar-refractivity contribution < 1.29 is 14.7 Å². The van der Waals surface area contributed by atoms with Crippen LogP contribution in [0.1, 0.15) is 17.2 Å². The third-order valence-electron chi connectivity index (χ3n) is 3.06. The highest BCUT2D eigenvalue weighted by Gasteiger charge is 2.20. The van der Waals surface area contributed by atoms with Gasteiger partial charge in [-0.15, -0.1) is 0 Å². The maximum Gasteiger partial charge on any atom is 0.330 e. The number of amides is 1. The molecule has 0 unspecified atom stereocenters. The van der Waals surface area contributed by atoms with E-state index in [-0.39, 0.29) is 0 Å². The van der Waals surface area contributed by atoms with Crippen molar-refractivity contribution in [3.05, 3.63) is 75.8 Å². The molecule has 0 aliphatic rings. The van der Waals surface area contributed by atoms with Crippen molar-refractivity contribution in [1.82, 2.24) is 5.32 Å². The predicted molar refractivity (Wildman–Crippen MR) is 90.5 cm³/mol. The van der Waals surface area contributed by atoms with Crippen molar-refractivity contribution in [2.24, 2.45) is 0 Å². The summed E-state index contributed by atoms with van der Waals surface area (Å²) in [6.07, 6.45) is 2.70. The van der Waals surface area contributed by atoms with E-state index >= 15 is 0 Å². The number of carboxylic acids is 1. The first-order chi connectivity index (χ1) is 11.0. The molecule has 4 nitrogen and oxygen atoms in total. The topological polar surface area (TPSA) is 66.4 Å². The molecule has 0 fully saturated rings. The predicted octanol–water partition coefficient (Wildman–Crippen LogP) is 3.95. The molecule has 2 aromatic rings. The Labute approximate surface area is 143 Å². The second kappa shape index (κ2) is 7.81. The van der Waals surface area contributed by atoms with Gasteiger partial charge in [-0.05, 0) is 23.3 Å². The lowest BCUT2D eigenvalue weighted by Crippen LogP contribution is -2.32. The summed E-state index contributed by atoms with van der Waals surface area (Å²) in [5, 5.41) is 12.4. The second-order valence-corrected chi connectivity index (χ2v) is 5.45. The van der Waals surface area contributed by atoms with Gasteiger partial charge in [-0.25, -0.2) is 4.79 Å². The van der Waals surface area contributed by atoms with Crippen LogP contribution in [0, 0.1) is 0 Å². The molecule has 1 atom stereocenters. The summed E-state index contributed by atoms with van der Waals surface area (Å²) in [5.41, 5.74) is 1.06. The van der Waals surface area contributed by atoms with Gasteiger partial charge in [-0.3, -0.25) is 4.79 Å².